The molecule has 1 aromatic rings. The van der Waals surface area contributed by atoms with Crippen LogP contribution in [0.2, 0.25) is 0 Å². The van der Waals surface area contributed by atoms with E-state index in [2.05, 4.69) is 6.58 Å². The summed E-state index contributed by atoms with van der Waals surface area (Å²) in [5.41, 5.74) is 1.91. The monoisotopic (exact) mass is 259 g/mol. The molecule has 100 valence electrons. The van der Waals surface area contributed by atoms with Crippen LogP contribution in [0, 0.1) is 0 Å². The first-order valence-corrected chi connectivity index (χ1v) is 6.03. The lowest BCUT2D eigenvalue weighted by atomic mass is 10.0. The molecule has 1 amide bonds. The molecule has 2 rings (SSSR count). The average Bonchev–Trinajstić information content (AvgIpc) is 2.57. The summed E-state index contributed by atoms with van der Waals surface area (Å²) >= 11 is 0. The number of benzene rings is 1. The van der Waals surface area contributed by atoms with Crippen LogP contribution < -0.4 is 9.47 Å². The van der Waals surface area contributed by atoms with Crippen molar-refractivity contribution in [1.29, 1.82) is 0 Å². The predicted octanol–water partition coefficient (Wildman–Crippen LogP) is 2.25. The highest BCUT2D eigenvalue weighted by Gasteiger charge is 2.18. The maximum Gasteiger partial charge on any atom is 0.231 e. The molecule has 0 aliphatic carbocycles. The topological polar surface area (TPSA) is 38.8 Å². The van der Waals surface area contributed by atoms with E-state index in [0.29, 0.717) is 24.5 Å². The van der Waals surface area contributed by atoms with Crippen LogP contribution in [0.4, 0.5) is 0 Å². The van der Waals surface area contributed by atoms with Crippen LogP contribution in [-0.4, -0.2) is 31.6 Å². The summed E-state index contributed by atoms with van der Waals surface area (Å²) in [7, 11) is 3.18. The Labute approximate surface area is 112 Å². The number of hydrogen-bond acceptors (Lipinski definition) is 3. The van der Waals surface area contributed by atoms with Gasteiger partial charge in [-0.3, -0.25) is 4.79 Å². The van der Waals surface area contributed by atoms with Gasteiger partial charge in [-0.2, -0.15) is 0 Å². The van der Waals surface area contributed by atoms with Crippen LogP contribution in [0.5, 0.6) is 11.5 Å². The molecule has 19 heavy (non-hydrogen) atoms. The number of fused-ring (bicyclic) bond motifs is 1. The molecule has 4 heteroatoms. The zero-order valence-corrected chi connectivity index (χ0v) is 11.2. The molecule has 0 N–H and O–H groups in total. The zero-order valence-electron chi connectivity index (χ0n) is 11.2. The van der Waals surface area contributed by atoms with Gasteiger partial charge in [-0.15, -0.1) is 6.58 Å². The van der Waals surface area contributed by atoms with Crippen molar-refractivity contribution < 1.29 is 14.3 Å². The predicted molar refractivity (Wildman–Crippen MR) is 74.2 cm³/mol. The minimum absolute atomic E-state index is 0.0436. The van der Waals surface area contributed by atoms with Gasteiger partial charge in [-0.05, 0) is 29.3 Å². The third-order valence-electron chi connectivity index (χ3n) is 3.07. The largest absolute Gasteiger partial charge is 0.493 e. The molecular formula is C15H17NO3. The fraction of sp³-hybridized carbons (Fsp3) is 0.267. The lowest BCUT2D eigenvalue weighted by molar-refractivity contribution is -0.127. The standard InChI is InChI=1S/C15H17NO3/c1-4-6-16-7-5-11-8-13(18-2)14(19-3)9-12(11)10-15(16)17/h4-5,7-9H,1,6,10H2,2-3H3. The van der Waals surface area contributed by atoms with Gasteiger partial charge in [0.2, 0.25) is 5.91 Å². The molecule has 0 aromatic heterocycles. The molecule has 1 aliphatic heterocycles. The van der Waals surface area contributed by atoms with E-state index in [-0.39, 0.29) is 5.91 Å². The van der Waals surface area contributed by atoms with Crippen LogP contribution in [0.3, 0.4) is 0 Å². The molecule has 0 spiro atoms. The first-order chi connectivity index (χ1) is 9.19. The number of carbonyl (C=O) groups excluding carboxylic acids is 1. The summed E-state index contributed by atoms with van der Waals surface area (Å²) in [4.78, 5) is 13.7. The fourth-order valence-corrected chi connectivity index (χ4v) is 2.06. The summed E-state index contributed by atoms with van der Waals surface area (Å²) in [5.74, 6) is 1.34. The second-order valence-corrected chi connectivity index (χ2v) is 4.23. The lowest BCUT2D eigenvalue weighted by Gasteiger charge is -2.14. The van der Waals surface area contributed by atoms with Gasteiger partial charge in [-0.1, -0.05) is 6.08 Å². The number of rotatable bonds is 4. The van der Waals surface area contributed by atoms with E-state index < -0.39 is 0 Å². The molecule has 0 unspecified atom stereocenters. The van der Waals surface area contributed by atoms with E-state index in [9.17, 15) is 4.79 Å². The Morgan fingerprint density at radius 2 is 2.00 bits per heavy atom. The second kappa shape index (κ2) is 5.61. The molecule has 4 nitrogen and oxygen atoms in total. The van der Waals surface area contributed by atoms with Crippen LogP contribution in [0.1, 0.15) is 11.1 Å². The molecule has 0 saturated heterocycles. The maximum absolute atomic E-state index is 12.1. The Bertz CT molecular complexity index is 534. The van der Waals surface area contributed by atoms with Crippen molar-refractivity contribution >= 4 is 12.0 Å². The van der Waals surface area contributed by atoms with Crippen molar-refractivity contribution in [1.82, 2.24) is 4.90 Å². The van der Waals surface area contributed by atoms with Crippen LogP contribution in [0.15, 0.2) is 31.0 Å². The minimum Gasteiger partial charge on any atom is -0.493 e. The third-order valence-corrected chi connectivity index (χ3v) is 3.07. The van der Waals surface area contributed by atoms with Gasteiger partial charge in [-0.25, -0.2) is 0 Å². The summed E-state index contributed by atoms with van der Waals surface area (Å²) < 4.78 is 10.5. The Morgan fingerprint density at radius 1 is 1.32 bits per heavy atom. The van der Waals surface area contributed by atoms with Crippen LogP contribution in [-0.2, 0) is 11.2 Å². The van der Waals surface area contributed by atoms with Crippen molar-refractivity contribution in [2.45, 2.75) is 6.42 Å². The molecular weight excluding hydrogens is 242 g/mol. The molecule has 0 radical (unpaired) electrons. The number of ether oxygens (including phenoxy) is 2. The molecule has 0 fully saturated rings. The van der Waals surface area contributed by atoms with Gasteiger partial charge in [0.05, 0.1) is 20.6 Å². The molecule has 1 heterocycles. The van der Waals surface area contributed by atoms with Crippen LogP contribution >= 0.6 is 0 Å². The number of methoxy groups -OCH3 is 2. The van der Waals surface area contributed by atoms with Gasteiger partial charge in [0.1, 0.15) is 0 Å². The van der Waals surface area contributed by atoms with Gasteiger partial charge in [0, 0.05) is 12.7 Å². The lowest BCUT2D eigenvalue weighted by Crippen LogP contribution is -2.26. The van der Waals surface area contributed by atoms with E-state index >= 15 is 0 Å². The molecule has 1 aliphatic rings. The summed E-state index contributed by atoms with van der Waals surface area (Å²) in [6, 6.07) is 3.74. The molecule has 0 saturated carbocycles. The minimum atomic E-state index is 0.0436. The first kappa shape index (κ1) is 13.2. The molecule has 1 aromatic carbocycles. The number of carbonyl (C=O) groups is 1. The Balaban J connectivity index is 2.42. The number of amides is 1. The third kappa shape index (κ3) is 2.62. The highest BCUT2D eigenvalue weighted by molar-refractivity contribution is 5.84. The zero-order chi connectivity index (χ0) is 13.8. The van der Waals surface area contributed by atoms with E-state index in [4.69, 9.17) is 9.47 Å². The average molecular weight is 259 g/mol. The SMILES string of the molecule is C=CCN1C=Cc2cc(OC)c(OC)cc2CC1=O. The van der Waals surface area contributed by atoms with E-state index in [1.54, 1.807) is 31.4 Å². The summed E-state index contributed by atoms with van der Waals surface area (Å²) in [6.07, 6.45) is 5.74. The smallest absolute Gasteiger partial charge is 0.231 e. The first-order valence-electron chi connectivity index (χ1n) is 6.03. The molecule has 0 atom stereocenters. The van der Waals surface area contributed by atoms with Crippen molar-refractivity contribution in [3.05, 3.63) is 42.1 Å². The number of nitrogens with zero attached hydrogens (tertiary/aromatic N) is 1. The fourth-order valence-electron chi connectivity index (χ4n) is 2.06. The van der Waals surface area contributed by atoms with Gasteiger partial charge in [0.25, 0.3) is 0 Å². The van der Waals surface area contributed by atoms with Crippen molar-refractivity contribution in [2.24, 2.45) is 0 Å². The second-order valence-electron chi connectivity index (χ2n) is 4.23. The van der Waals surface area contributed by atoms with Crippen molar-refractivity contribution in [3.8, 4) is 11.5 Å². The highest BCUT2D eigenvalue weighted by atomic mass is 16.5. The summed E-state index contributed by atoms with van der Waals surface area (Å²) in [6.45, 7) is 4.17. The van der Waals surface area contributed by atoms with Crippen molar-refractivity contribution in [3.63, 3.8) is 0 Å². The van der Waals surface area contributed by atoms with Gasteiger partial charge in [0.15, 0.2) is 11.5 Å². The Hall–Kier alpha value is -2.23. The Morgan fingerprint density at radius 3 is 2.63 bits per heavy atom. The van der Waals surface area contributed by atoms with E-state index in [1.165, 1.54) is 0 Å². The van der Waals surface area contributed by atoms with Gasteiger partial charge < -0.3 is 14.4 Å². The molecule has 0 bridgehead atoms. The maximum atomic E-state index is 12.1. The van der Waals surface area contributed by atoms with E-state index in [0.717, 1.165) is 11.1 Å². The van der Waals surface area contributed by atoms with E-state index in [1.807, 2.05) is 18.2 Å². The van der Waals surface area contributed by atoms with Crippen molar-refractivity contribution in [2.75, 3.05) is 20.8 Å². The normalized spacial score (nSPS) is 13.8. The summed E-state index contributed by atoms with van der Waals surface area (Å²) in [5, 5.41) is 0. The van der Waals surface area contributed by atoms with Crippen LogP contribution in [0.25, 0.3) is 6.08 Å². The number of hydrogen-bond donors (Lipinski definition) is 0. The van der Waals surface area contributed by atoms with Gasteiger partial charge >= 0.3 is 0 Å². The quantitative estimate of drug-likeness (QED) is 0.778. The Kier molecular flexibility index (Phi) is 3.90. The highest BCUT2D eigenvalue weighted by Crippen LogP contribution is 2.32.